The summed E-state index contributed by atoms with van der Waals surface area (Å²) in [6.45, 7) is 10.6. The monoisotopic (exact) mass is 737 g/mol. The van der Waals surface area contributed by atoms with Crippen LogP contribution in [-0.2, 0) is 19.1 Å². The van der Waals surface area contributed by atoms with Crippen LogP contribution in [0, 0.1) is 5.41 Å². The molecule has 6 nitrogen and oxygen atoms in total. The van der Waals surface area contributed by atoms with Crippen LogP contribution in [0.15, 0.2) is 12.2 Å². The second-order valence-electron chi connectivity index (χ2n) is 15.5. The Bertz CT molecular complexity index is 808. The molecule has 2 N–H and O–H groups in total. The highest BCUT2D eigenvalue weighted by Crippen LogP contribution is 2.33. The van der Waals surface area contributed by atoms with Gasteiger partial charge in [-0.1, -0.05) is 194 Å². The third-order valence-corrected chi connectivity index (χ3v) is 10.5. The number of hydrogen-bond acceptors (Lipinski definition) is 5. The molecule has 0 radical (unpaired) electrons. The second kappa shape index (κ2) is 40.5. The Labute approximate surface area is 323 Å². The molecule has 0 spiro atoms. The molecule has 0 aromatic carbocycles. The first-order valence-electron chi connectivity index (χ1n) is 22.4. The van der Waals surface area contributed by atoms with Gasteiger partial charge in [-0.25, -0.2) is 0 Å². The molecule has 6 heteroatoms. The third-order valence-electron chi connectivity index (χ3n) is 10.5. The van der Waals surface area contributed by atoms with Crippen molar-refractivity contribution in [2.75, 3.05) is 6.61 Å². The van der Waals surface area contributed by atoms with Crippen LogP contribution in [0.3, 0.4) is 0 Å². The number of aliphatic carboxylic acids is 1. The normalized spacial score (nSPS) is 13.0. The number of ketones is 1. The smallest absolute Gasteiger partial charge is 0.317 e. The van der Waals surface area contributed by atoms with Gasteiger partial charge in [0.1, 0.15) is 11.2 Å². The van der Waals surface area contributed by atoms with Crippen LogP contribution in [0.5, 0.6) is 0 Å². The van der Waals surface area contributed by atoms with E-state index in [1.165, 1.54) is 116 Å². The fourth-order valence-electron chi connectivity index (χ4n) is 6.70. The van der Waals surface area contributed by atoms with Crippen molar-refractivity contribution in [1.82, 2.24) is 0 Å². The lowest BCUT2D eigenvalue weighted by Gasteiger charge is -2.26. The van der Waals surface area contributed by atoms with Crippen molar-refractivity contribution >= 4 is 17.7 Å². The van der Waals surface area contributed by atoms with Crippen molar-refractivity contribution in [2.24, 2.45) is 5.41 Å². The third kappa shape index (κ3) is 34.1. The Balaban J connectivity index is 0. The molecular weight excluding hydrogens is 649 g/mol. The molecule has 0 heterocycles. The van der Waals surface area contributed by atoms with Crippen LogP contribution in [-0.4, -0.2) is 40.6 Å². The minimum atomic E-state index is -1.18. The van der Waals surface area contributed by atoms with Gasteiger partial charge in [0, 0.05) is 6.42 Å². The number of allylic oxidation sites excluding steroid dienone is 1. The lowest BCUT2D eigenvalue weighted by atomic mass is 9.75. The first-order chi connectivity index (χ1) is 25.2. The molecule has 0 aliphatic rings. The Morgan fingerprint density at radius 2 is 1.00 bits per heavy atom. The molecule has 52 heavy (non-hydrogen) atoms. The van der Waals surface area contributed by atoms with Gasteiger partial charge in [-0.15, -0.1) is 0 Å². The van der Waals surface area contributed by atoms with Gasteiger partial charge in [0.05, 0.1) is 12.7 Å². The van der Waals surface area contributed by atoms with Crippen LogP contribution in [0.4, 0.5) is 0 Å². The maximum absolute atomic E-state index is 12.0. The van der Waals surface area contributed by atoms with Gasteiger partial charge in [-0.3, -0.25) is 14.4 Å². The summed E-state index contributed by atoms with van der Waals surface area (Å²) in [5, 5.41) is 19.5. The van der Waals surface area contributed by atoms with Crippen molar-refractivity contribution in [3.63, 3.8) is 0 Å². The number of unbranched alkanes of at least 4 members (excludes halogenated alkanes) is 23. The highest BCUT2D eigenvalue weighted by molar-refractivity contribution is 6.01. The summed E-state index contributed by atoms with van der Waals surface area (Å²) in [5.41, 5.74) is -1.18. The molecule has 0 saturated heterocycles. The van der Waals surface area contributed by atoms with E-state index in [0.717, 1.165) is 83.5 Å². The van der Waals surface area contributed by atoms with Crippen molar-refractivity contribution in [3.05, 3.63) is 12.2 Å². The van der Waals surface area contributed by atoms with E-state index in [4.69, 9.17) is 4.74 Å². The molecule has 0 saturated carbocycles. The van der Waals surface area contributed by atoms with Gasteiger partial charge in [0.15, 0.2) is 0 Å². The lowest BCUT2D eigenvalue weighted by Crippen LogP contribution is -2.38. The SMILES string of the molecule is CCCCCCCCCCCCCCCCCC(=O)OCCCC.CCCCCC[C@@H](O)C/C=C\CCCCCCC(CCCC)(C(C)=O)C(=O)O. The molecule has 0 aromatic rings. The second-order valence-corrected chi connectivity index (χ2v) is 15.5. The van der Waals surface area contributed by atoms with Crippen LogP contribution >= 0.6 is 0 Å². The Hall–Kier alpha value is -1.69. The standard InChI is InChI=1S/C24H44O4.C22H44O2/c1-4-6-8-14-17-22(26)18-15-12-10-9-11-13-16-20-24(21(3)25,23(27)28)19-7-5-2;1-3-5-7-8-9-10-11-12-13-14-15-16-17-18-19-20-22(23)24-21-6-4-2/h12,15,22,26H,4-11,13-14,16-20H2,1-3H3,(H,27,28);3-21H2,1-2H3/b15-12-;/t22-,24?;/m1./s1. The number of aliphatic hydroxyl groups is 1. The zero-order valence-corrected chi connectivity index (χ0v) is 35.3. The largest absolute Gasteiger partial charge is 0.480 e. The predicted octanol–water partition coefficient (Wildman–Crippen LogP) is 14.0. The minimum absolute atomic E-state index is 0.00172. The topological polar surface area (TPSA) is 101 Å². The van der Waals surface area contributed by atoms with E-state index in [1.807, 2.05) is 6.92 Å². The van der Waals surface area contributed by atoms with E-state index < -0.39 is 11.4 Å². The Kier molecular flexibility index (Phi) is 40.8. The molecule has 2 atom stereocenters. The van der Waals surface area contributed by atoms with E-state index in [1.54, 1.807) is 0 Å². The highest BCUT2D eigenvalue weighted by Gasteiger charge is 2.41. The van der Waals surface area contributed by atoms with Crippen LogP contribution < -0.4 is 0 Å². The van der Waals surface area contributed by atoms with Gasteiger partial charge in [0.25, 0.3) is 0 Å². The number of ether oxygens (including phenoxy) is 1. The molecule has 0 fully saturated rings. The van der Waals surface area contributed by atoms with Gasteiger partial charge >= 0.3 is 11.9 Å². The fraction of sp³-hybridized carbons (Fsp3) is 0.891. The number of esters is 1. The molecule has 0 rings (SSSR count). The number of carbonyl (C=O) groups is 3. The summed E-state index contributed by atoms with van der Waals surface area (Å²) in [6.07, 6.45) is 41.0. The van der Waals surface area contributed by atoms with Crippen molar-refractivity contribution < 1.29 is 29.3 Å². The summed E-state index contributed by atoms with van der Waals surface area (Å²) in [7, 11) is 0. The average molecular weight is 737 g/mol. The average Bonchev–Trinajstić information content (AvgIpc) is 3.12. The van der Waals surface area contributed by atoms with Gasteiger partial charge in [-0.05, 0) is 58.3 Å². The molecule has 0 aliphatic carbocycles. The molecule has 1 unspecified atom stereocenters. The van der Waals surface area contributed by atoms with Crippen molar-refractivity contribution in [3.8, 4) is 0 Å². The molecule has 0 amide bonds. The van der Waals surface area contributed by atoms with Crippen LogP contribution in [0.25, 0.3) is 0 Å². The maximum Gasteiger partial charge on any atom is 0.317 e. The van der Waals surface area contributed by atoms with Gasteiger partial charge in [-0.2, -0.15) is 0 Å². The predicted molar refractivity (Wildman–Crippen MR) is 222 cm³/mol. The van der Waals surface area contributed by atoms with Gasteiger partial charge < -0.3 is 14.9 Å². The van der Waals surface area contributed by atoms with Gasteiger partial charge in [0.2, 0.25) is 0 Å². The number of rotatable bonds is 38. The number of hydrogen-bond donors (Lipinski definition) is 2. The van der Waals surface area contributed by atoms with E-state index >= 15 is 0 Å². The Morgan fingerprint density at radius 3 is 1.50 bits per heavy atom. The van der Waals surface area contributed by atoms with Crippen LogP contribution in [0.1, 0.15) is 247 Å². The van der Waals surface area contributed by atoms with E-state index in [9.17, 15) is 24.6 Å². The quantitative estimate of drug-likeness (QED) is 0.0283. The summed E-state index contributed by atoms with van der Waals surface area (Å²) >= 11 is 0. The molecule has 0 bridgehead atoms. The molecular formula is C46H88O6. The zero-order chi connectivity index (χ0) is 39.0. The number of Topliss-reactive ketones (excluding diaryl/α,β-unsaturated/α-hetero) is 1. The van der Waals surface area contributed by atoms with E-state index in [2.05, 4.69) is 32.9 Å². The Morgan fingerprint density at radius 1 is 0.558 bits per heavy atom. The molecule has 308 valence electrons. The number of carboxylic acid groups (broad SMARTS) is 1. The highest BCUT2D eigenvalue weighted by atomic mass is 16.5. The van der Waals surface area contributed by atoms with E-state index in [-0.39, 0.29) is 17.9 Å². The number of carboxylic acids is 1. The summed E-state index contributed by atoms with van der Waals surface area (Å²) in [5.74, 6) is -1.16. The fourth-order valence-corrected chi connectivity index (χ4v) is 6.70. The van der Waals surface area contributed by atoms with Crippen molar-refractivity contribution in [1.29, 1.82) is 0 Å². The number of aliphatic hydroxyl groups excluding tert-OH is 1. The van der Waals surface area contributed by atoms with Crippen molar-refractivity contribution in [2.45, 2.75) is 253 Å². The van der Waals surface area contributed by atoms with Crippen LogP contribution in [0.2, 0.25) is 0 Å². The summed E-state index contributed by atoms with van der Waals surface area (Å²) in [4.78, 5) is 35.1. The summed E-state index contributed by atoms with van der Waals surface area (Å²) in [6, 6.07) is 0. The zero-order valence-electron chi connectivity index (χ0n) is 35.3. The van der Waals surface area contributed by atoms with E-state index in [0.29, 0.717) is 25.9 Å². The maximum atomic E-state index is 12.0. The first-order valence-corrected chi connectivity index (χ1v) is 22.4. The molecule has 0 aliphatic heterocycles. The summed E-state index contributed by atoms with van der Waals surface area (Å²) < 4.78 is 5.16. The molecule has 0 aromatic heterocycles. The number of carbonyl (C=O) groups excluding carboxylic acids is 2. The first kappa shape index (κ1) is 52.4. The minimum Gasteiger partial charge on any atom is -0.480 e. The lowest BCUT2D eigenvalue weighted by molar-refractivity contribution is -0.155.